The Morgan fingerprint density at radius 3 is 2.41 bits per heavy atom. The summed E-state index contributed by atoms with van der Waals surface area (Å²) in [5.41, 5.74) is 1.30. The molecular formula is C16H22N2O3S. The molecule has 0 radical (unpaired) electrons. The first kappa shape index (κ1) is 16.9. The van der Waals surface area contributed by atoms with Gasteiger partial charge in [-0.05, 0) is 37.5 Å². The lowest BCUT2D eigenvalue weighted by molar-refractivity contribution is 0.0911. The molecule has 1 aromatic rings. The second-order valence-corrected chi connectivity index (χ2v) is 8.30. The maximum Gasteiger partial charge on any atom is 0.148 e. The van der Waals surface area contributed by atoms with Gasteiger partial charge in [0.05, 0.1) is 23.5 Å². The molecule has 2 rings (SSSR count). The van der Waals surface area contributed by atoms with E-state index in [-0.39, 0.29) is 11.8 Å². The number of benzene rings is 1. The lowest BCUT2D eigenvalue weighted by Gasteiger charge is -2.30. The predicted molar refractivity (Wildman–Crippen MR) is 85.0 cm³/mol. The van der Waals surface area contributed by atoms with Gasteiger partial charge in [0.15, 0.2) is 0 Å². The zero-order valence-electron chi connectivity index (χ0n) is 12.9. The van der Waals surface area contributed by atoms with Crippen molar-refractivity contribution in [2.75, 3.05) is 18.6 Å². The Kier molecular flexibility index (Phi) is 5.22. The fraction of sp³-hybridized carbons (Fsp3) is 0.562. The van der Waals surface area contributed by atoms with E-state index in [2.05, 4.69) is 4.90 Å². The molecule has 0 aliphatic heterocycles. The van der Waals surface area contributed by atoms with Crippen molar-refractivity contribution in [1.29, 1.82) is 5.26 Å². The molecule has 1 fully saturated rings. The van der Waals surface area contributed by atoms with Crippen LogP contribution in [0.4, 0.5) is 0 Å². The predicted octanol–water partition coefficient (Wildman–Crippen LogP) is 1.49. The van der Waals surface area contributed by atoms with Crippen molar-refractivity contribution in [3.63, 3.8) is 0 Å². The zero-order chi connectivity index (χ0) is 16.3. The summed E-state index contributed by atoms with van der Waals surface area (Å²) >= 11 is 0. The van der Waals surface area contributed by atoms with Gasteiger partial charge in [0.25, 0.3) is 0 Å². The van der Waals surface area contributed by atoms with E-state index < -0.39 is 15.9 Å². The van der Waals surface area contributed by atoms with E-state index in [1.54, 1.807) is 24.3 Å². The third-order valence-corrected chi connectivity index (χ3v) is 5.02. The summed E-state index contributed by atoms with van der Waals surface area (Å²) in [5.74, 6) is 0.101. The van der Waals surface area contributed by atoms with Gasteiger partial charge < -0.3 is 5.11 Å². The van der Waals surface area contributed by atoms with Crippen LogP contribution in [-0.2, 0) is 9.84 Å². The third kappa shape index (κ3) is 4.80. The van der Waals surface area contributed by atoms with E-state index in [9.17, 15) is 13.5 Å². The van der Waals surface area contributed by atoms with Gasteiger partial charge in [0.1, 0.15) is 9.84 Å². The number of aliphatic hydroxyl groups is 1. The van der Waals surface area contributed by atoms with Crippen LogP contribution in [0, 0.1) is 11.3 Å². The van der Waals surface area contributed by atoms with E-state index in [0.29, 0.717) is 18.2 Å². The SMILES string of the molecule is CC(CS(C)(=O)=O)N(CC(O)c1ccc(C#N)cc1)C1CC1. The normalized spacial score (nSPS) is 18.0. The van der Waals surface area contributed by atoms with Gasteiger partial charge in [-0.2, -0.15) is 5.26 Å². The molecule has 0 amide bonds. The number of nitrogens with zero attached hydrogens (tertiary/aromatic N) is 2. The highest BCUT2D eigenvalue weighted by Crippen LogP contribution is 2.31. The topological polar surface area (TPSA) is 81.4 Å². The van der Waals surface area contributed by atoms with Crippen LogP contribution in [0.3, 0.4) is 0 Å². The molecule has 0 spiro atoms. The monoisotopic (exact) mass is 322 g/mol. The van der Waals surface area contributed by atoms with Crippen LogP contribution in [0.25, 0.3) is 0 Å². The van der Waals surface area contributed by atoms with Crippen molar-refractivity contribution >= 4 is 9.84 Å². The minimum atomic E-state index is -3.04. The maximum absolute atomic E-state index is 11.5. The molecule has 120 valence electrons. The van der Waals surface area contributed by atoms with Gasteiger partial charge in [0, 0.05) is 24.9 Å². The molecule has 0 saturated heterocycles. The first-order valence-electron chi connectivity index (χ1n) is 7.42. The molecule has 1 aliphatic carbocycles. The van der Waals surface area contributed by atoms with E-state index in [1.165, 1.54) is 6.26 Å². The Labute approximate surface area is 132 Å². The molecule has 0 aromatic heterocycles. The smallest absolute Gasteiger partial charge is 0.148 e. The van der Waals surface area contributed by atoms with Crippen LogP contribution in [-0.4, -0.2) is 49.1 Å². The first-order valence-corrected chi connectivity index (χ1v) is 9.48. The first-order chi connectivity index (χ1) is 10.3. The summed E-state index contributed by atoms with van der Waals surface area (Å²) in [4.78, 5) is 2.09. The number of nitriles is 1. The van der Waals surface area contributed by atoms with Crippen LogP contribution in [0.5, 0.6) is 0 Å². The highest BCUT2D eigenvalue weighted by atomic mass is 32.2. The Bertz CT molecular complexity index is 645. The van der Waals surface area contributed by atoms with Gasteiger partial charge >= 0.3 is 0 Å². The fourth-order valence-electron chi connectivity index (χ4n) is 2.71. The minimum absolute atomic E-state index is 0.101. The molecule has 1 N–H and O–H groups in total. The largest absolute Gasteiger partial charge is 0.387 e. The molecule has 1 saturated carbocycles. The summed E-state index contributed by atoms with van der Waals surface area (Å²) in [5, 5.41) is 19.2. The molecule has 5 nitrogen and oxygen atoms in total. The number of hydrogen-bond donors (Lipinski definition) is 1. The van der Waals surface area contributed by atoms with Crippen LogP contribution < -0.4 is 0 Å². The molecule has 2 atom stereocenters. The molecule has 1 aromatic carbocycles. The average molecular weight is 322 g/mol. The highest BCUT2D eigenvalue weighted by Gasteiger charge is 2.34. The Hall–Kier alpha value is -1.42. The Morgan fingerprint density at radius 1 is 1.36 bits per heavy atom. The quantitative estimate of drug-likeness (QED) is 0.822. The molecule has 0 bridgehead atoms. The summed E-state index contributed by atoms with van der Waals surface area (Å²) < 4.78 is 23.0. The van der Waals surface area contributed by atoms with Crippen LogP contribution in [0.2, 0.25) is 0 Å². The number of hydrogen-bond acceptors (Lipinski definition) is 5. The molecule has 22 heavy (non-hydrogen) atoms. The molecule has 0 heterocycles. The van der Waals surface area contributed by atoms with Crippen LogP contribution >= 0.6 is 0 Å². The molecule has 2 unspecified atom stereocenters. The Morgan fingerprint density at radius 2 is 1.95 bits per heavy atom. The average Bonchev–Trinajstić information content (AvgIpc) is 3.27. The summed E-state index contributed by atoms with van der Waals surface area (Å²) in [6.45, 7) is 2.30. The fourth-order valence-corrected chi connectivity index (χ4v) is 3.78. The van der Waals surface area contributed by atoms with Crippen molar-refractivity contribution in [2.45, 2.75) is 38.0 Å². The van der Waals surface area contributed by atoms with Crippen molar-refractivity contribution in [1.82, 2.24) is 4.90 Å². The van der Waals surface area contributed by atoms with E-state index >= 15 is 0 Å². The van der Waals surface area contributed by atoms with Crippen molar-refractivity contribution in [2.24, 2.45) is 0 Å². The van der Waals surface area contributed by atoms with Crippen LogP contribution in [0.1, 0.15) is 37.0 Å². The summed E-state index contributed by atoms with van der Waals surface area (Å²) in [6, 6.07) is 9.15. The molecule has 6 heteroatoms. The second kappa shape index (κ2) is 6.78. The van der Waals surface area contributed by atoms with Crippen molar-refractivity contribution in [3.8, 4) is 6.07 Å². The standard InChI is InChI=1S/C16H22N2O3S/c1-12(11-22(2,20)21)18(15-7-8-15)10-16(19)14-5-3-13(9-17)4-6-14/h3-6,12,15-16,19H,7-8,10-11H2,1-2H3. The van der Waals surface area contributed by atoms with Gasteiger partial charge in [-0.3, -0.25) is 4.90 Å². The summed E-state index contributed by atoms with van der Waals surface area (Å²) in [6.07, 6.45) is 2.66. The zero-order valence-corrected chi connectivity index (χ0v) is 13.8. The van der Waals surface area contributed by atoms with Crippen molar-refractivity contribution in [3.05, 3.63) is 35.4 Å². The number of sulfone groups is 1. The molecule has 1 aliphatic rings. The van der Waals surface area contributed by atoms with E-state index in [0.717, 1.165) is 18.4 Å². The second-order valence-electron chi connectivity index (χ2n) is 6.12. The Balaban J connectivity index is 2.05. The van der Waals surface area contributed by atoms with E-state index in [4.69, 9.17) is 5.26 Å². The summed E-state index contributed by atoms with van der Waals surface area (Å²) in [7, 11) is -3.04. The lowest BCUT2D eigenvalue weighted by Crippen LogP contribution is -2.42. The maximum atomic E-state index is 11.5. The van der Waals surface area contributed by atoms with Crippen LogP contribution in [0.15, 0.2) is 24.3 Å². The number of rotatable bonds is 7. The molecular weight excluding hydrogens is 300 g/mol. The highest BCUT2D eigenvalue weighted by molar-refractivity contribution is 7.90. The minimum Gasteiger partial charge on any atom is -0.387 e. The lowest BCUT2D eigenvalue weighted by atomic mass is 10.1. The van der Waals surface area contributed by atoms with Gasteiger partial charge in [0.2, 0.25) is 0 Å². The van der Waals surface area contributed by atoms with Gasteiger partial charge in [-0.1, -0.05) is 12.1 Å². The van der Waals surface area contributed by atoms with Gasteiger partial charge in [-0.25, -0.2) is 8.42 Å². The third-order valence-electron chi connectivity index (χ3n) is 3.93. The number of aliphatic hydroxyl groups excluding tert-OH is 1. The van der Waals surface area contributed by atoms with E-state index in [1.807, 2.05) is 13.0 Å². The van der Waals surface area contributed by atoms with Crippen molar-refractivity contribution < 1.29 is 13.5 Å². The van der Waals surface area contributed by atoms with Gasteiger partial charge in [-0.15, -0.1) is 0 Å².